The zero-order chi connectivity index (χ0) is 15.6. The second-order valence-electron chi connectivity index (χ2n) is 4.60. The fraction of sp³-hybridized carbons (Fsp3) is 0.200. The van der Waals surface area contributed by atoms with Crippen LogP contribution in [-0.4, -0.2) is 6.36 Å². The van der Waals surface area contributed by atoms with Gasteiger partial charge in [0.25, 0.3) is 0 Å². The van der Waals surface area contributed by atoms with Crippen LogP contribution in [0, 0.1) is 12.7 Å². The summed E-state index contributed by atoms with van der Waals surface area (Å²) in [5, 5.41) is 0. The molecule has 2 rings (SSSR count). The highest BCUT2D eigenvalue weighted by atomic mass is 35.5. The normalized spacial score (nSPS) is 12.5. The van der Waals surface area contributed by atoms with Gasteiger partial charge in [0.1, 0.15) is 11.6 Å². The third-order valence-corrected chi connectivity index (χ3v) is 3.04. The van der Waals surface area contributed by atoms with Crippen LogP contribution in [-0.2, 0) is 0 Å². The highest BCUT2D eigenvalue weighted by Gasteiger charge is 2.31. The molecular formula is C15H14ClF4NO. The molecule has 0 saturated heterocycles. The Kier molecular flexibility index (Phi) is 5.79. The number of nitrogens with two attached hydrogens (primary N) is 1. The molecule has 0 fully saturated rings. The quantitative estimate of drug-likeness (QED) is 0.838. The molecule has 0 aliphatic rings. The number of alkyl halides is 3. The number of aryl methyl sites for hydroxylation is 1. The third kappa shape index (κ3) is 4.61. The molecule has 2 N–H and O–H groups in total. The Bertz CT molecular complexity index is 628. The van der Waals surface area contributed by atoms with Gasteiger partial charge in [-0.2, -0.15) is 0 Å². The molecule has 0 aliphatic heterocycles. The summed E-state index contributed by atoms with van der Waals surface area (Å²) in [6.07, 6.45) is -4.73. The number of rotatable bonds is 3. The second-order valence-corrected chi connectivity index (χ2v) is 4.60. The molecule has 0 heterocycles. The standard InChI is InChI=1S/C15H13F4NO.ClH/c1-9-8-11(16)4-7-13(9)14(20)10-2-5-12(6-3-10)21-15(17,18)19;/h2-8,14H,20H2,1H3;1H/t14-;/m0./s1. The summed E-state index contributed by atoms with van der Waals surface area (Å²) in [6, 6.07) is 8.96. The van der Waals surface area contributed by atoms with Crippen molar-refractivity contribution >= 4 is 12.4 Å². The Morgan fingerprint density at radius 2 is 1.64 bits per heavy atom. The Morgan fingerprint density at radius 3 is 2.14 bits per heavy atom. The number of hydrogen-bond donors (Lipinski definition) is 1. The lowest BCUT2D eigenvalue weighted by molar-refractivity contribution is -0.274. The molecule has 0 aromatic heterocycles. The largest absolute Gasteiger partial charge is 0.573 e. The predicted octanol–water partition coefficient (Wildman–Crippen LogP) is 4.50. The summed E-state index contributed by atoms with van der Waals surface area (Å²) < 4.78 is 53.1. The van der Waals surface area contributed by atoms with Gasteiger partial charge in [0.2, 0.25) is 0 Å². The highest BCUT2D eigenvalue weighted by Crippen LogP contribution is 2.27. The summed E-state index contributed by atoms with van der Waals surface area (Å²) in [7, 11) is 0. The van der Waals surface area contributed by atoms with Crippen molar-refractivity contribution in [1.82, 2.24) is 0 Å². The Balaban J connectivity index is 0.00000242. The van der Waals surface area contributed by atoms with Crippen molar-refractivity contribution in [1.29, 1.82) is 0 Å². The smallest absolute Gasteiger partial charge is 0.406 e. The van der Waals surface area contributed by atoms with E-state index in [1.807, 2.05) is 0 Å². The molecule has 2 nitrogen and oxygen atoms in total. The van der Waals surface area contributed by atoms with E-state index in [1.165, 1.54) is 36.4 Å². The van der Waals surface area contributed by atoms with Crippen molar-refractivity contribution in [2.45, 2.75) is 19.3 Å². The van der Waals surface area contributed by atoms with Gasteiger partial charge in [-0.05, 0) is 47.9 Å². The Morgan fingerprint density at radius 1 is 1.05 bits per heavy atom. The van der Waals surface area contributed by atoms with Crippen molar-refractivity contribution in [3.63, 3.8) is 0 Å². The third-order valence-electron chi connectivity index (χ3n) is 3.04. The van der Waals surface area contributed by atoms with Crippen LogP contribution in [0.15, 0.2) is 42.5 Å². The molecule has 1 atom stereocenters. The van der Waals surface area contributed by atoms with Crippen LogP contribution in [0.4, 0.5) is 17.6 Å². The van der Waals surface area contributed by atoms with E-state index in [4.69, 9.17) is 5.73 Å². The van der Waals surface area contributed by atoms with Crippen LogP contribution in [0.1, 0.15) is 22.7 Å². The topological polar surface area (TPSA) is 35.2 Å². The fourth-order valence-corrected chi connectivity index (χ4v) is 2.04. The monoisotopic (exact) mass is 335 g/mol. The van der Waals surface area contributed by atoms with E-state index in [2.05, 4.69) is 4.74 Å². The van der Waals surface area contributed by atoms with E-state index in [9.17, 15) is 17.6 Å². The minimum atomic E-state index is -4.73. The number of halogens is 5. The minimum Gasteiger partial charge on any atom is -0.406 e. The van der Waals surface area contributed by atoms with E-state index in [0.29, 0.717) is 16.7 Å². The van der Waals surface area contributed by atoms with Crippen molar-refractivity contribution < 1.29 is 22.3 Å². The van der Waals surface area contributed by atoms with Gasteiger partial charge < -0.3 is 10.5 Å². The average Bonchev–Trinajstić information content (AvgIpc) is 2.37. The first-order valence-corrected chi connectivity index (χ1v) is 6.13. The van der Waals surface area contributed by atoms with E-state index in [-0.39, 0.29) is 24.0 Å². The molecule has 0 aliphatic carbocycles. The minimum absolute atomic E-state index is 0. The highest BCUT2D eigenvalue weighted by molar-refractivity contribution is 5.85. The molecule has 0 radical (unpaired) electrons. The molecule has 7 heteroatoms. The van der Waals surface area contributed by atoms with Gasteiger partial charge in [0, 0.05) is 0 Å². The second kappa shape index (κ2) is 6.98. The lowest BCUT2D eigenvalue weighted by atomic mass is 9.96. The zero-order valence-corrected chi connectivity index (χ0v) is 12.3. The van der Waals surface area contributed by atoms with Crippen LogP contribution in [0.2, 0.25) is 0 Å². The number of hydrogen-bond acceptors (Lipinski definition) is 2. The van der Waals surface area contributed by atoms with Crippen LogP contribution < -0.4 is 10.5 Å². The van der Waals surface area contributed by atoms with E-state index < -0.39 is 12.4 Å². The zero-order valence-electron chi connectivity index (χ0n) is 11.5. The molecule has 22 heavy (non-hydrogen) atoms. The van der Waals surface area contributed by atoms with Crippen LogP contribution >= 0.6 is 12.4 Å². The average molecular weight is 336 g/mol. The van der Waals surface area contributed by atoms with Gasteiger partial charge in [-0.1, -0.05) is 18.2 Å². The Hall–Kier alpha value is -1.79. The maximum atomic E-state index is 13.1. The molecule has 0 unspecified atom stereocenters. The summed E-state index contributed by atoms with van der Waals surface area (Å²) in [5.74, 6) is -0.674. The summed E-state index contributed by atoms with van der Waals surface area (Å²) in [4.78, 5) is 0. The first-order valence-electron chi connectivity index (χ1n) is 6.13. The number of ether oxygens (including phenoxy) is 1. The van der Waals surface area contributed by atoms with Gasteiger partial charge in [-0.3, -0.25) is 0 Å². The molecule has 0 spiro atoms. The van der Waals surface area contributed by atoms with Crippen molar-refractivity contribution in [3.8, 4) is 5.75 Å². The first-order chi connectivity index (χ1) is 9.76. The van der Waals surface area contributed by atoms with Crippen molar-refractivity contribution in [2.24, 2.45) is 5.73 Å². The lowest BCUT2D eigenvalue weighted by Gasteiger charge is -2.16. The molecular weight excluding hydrogens is 322 g/mol. The van der Waals surface area contributed by atoms with Crippen molar-refractivity contribution in [3.05, 3.63) is 65.0 Å². The summed E-state index contributed by atoms with van der Waals surface area (Å²) in [5.41, 5.74) is 8.06. The van der Waals surface area contributed by atoms with E-state index >= 15 is 0 Å². The number of benzene rings is 2. The van der Waals surface area contributed by atoms with Crippen LogP contribution in [0.5, 0.6) is 5.75 Å². The maximum Gasteiger partial charge on any atom is 0.573 e. The van der Waals surface area contributed by atoms with E-state index in [1.54, 1.807) is 13.0 Å². The van der Waals surface area contributed by atoms with Gasteiger partial charge in [-0.15, -0.1) is 25.6 Å². The van der Waals surface area contributed by atoms with Gasteiger partial charge in [-0.25, -0.2) is 4.39 Å². The first kappa shape index (κ1) is 18.3. The van der Waals surface area contributed by atoms with Crippen LogP contribution in [0.25, 0.3) is 0 Å². The molecule has 0 saturated carbocycles. The summed E-state index contributed by atoms with van der Waals surface area (Å²) in [6.45, 7) is 1.72. The fourth-order valence-electron chi connectivity index (χ4n) is 2.04. The van der Waals surface area contributed by atoms with Crippen LogP contribution in [0.3, 0.4) is 0 Å². The predicted molar refractivity (Wildman–Crippen MR) is 77.5 cm³/mol. The van der Waals surface area contributed by atoms with E-state index in [0.717, 1.165) is 0 Å². The molecule has 2 aromatic carbocycles. The molecule has 0 bridgehead atoms. The maximum absolute atomic E-state index is 13.1. The SMILES string of the molecule is Cc1cc(F)ccc1[C@@H](N)c1ccc(OC(F)(F)F)cc1.Cl. The summed E-state index contributed by atoms with van der Waals surface area (Å²) >= 11 is 0. The van der Waals surface area contributed by atoms with Gasteiger partial charge in [0.15, 0.2) is 0 Å². The van der Waals surface area contributed by atoms with Crippen molar-refractivity contribution in [2.75, 3.05) is 0 Å². The lowest BCUT2D eigenvalue weighted by Crippen LogP contribution is -2.17. The molecule has 0 amide bonds. The molecule has 120 valence electrons. The van der Waals surface area contributed by atoms with Gasteiger partial charge in [0.05, 0.1) is 6.04 Å². The molecule has 2 aromatic rings. The van der Waals surface area contributed by atoms with Gasteiger partial charge >= 0.3 is 6.36 Å². The Labute approximate surface area is 131 Å².